The summed E-state index contributed by atoms with van der Waals surface area (Å²) in [6.07, 6.45) is 2.47. The Hall–Kier alpha value is -2.06. The minimum absolute atomic E-state index is 0.417. The quantitative estimate of drug-likeness (QED) is 0.473. The second-order valence-corrected chi connectivity index (χ2v) is 4.12. The van der Waals surface area contributed by atoms with Gasteiger partial charge in [0.1, 0.15) is 0 Å². The molecule has 0 atom stereocenters. The maximum absolute atomic E-state index is 10.8. The molecule has 0 spiro atoms. The van der Waals surface area contributed by atoms with Gasteiger partial charge in [-0.1, -0.05) is 6.07 Å². The third-order valence-corrected chi connectivity index (χ3v) is 2.18. The Morgan fingerprint density at radius 3 is 2.56 bits per heavy atom. The van der Waals surface area contributed by atoms with Crippen LogP contribution in [0.3, 0.4) is 0 Å². The number of hydrogen-bond donors (Lipinski definition) is 2. The summed E-state index contributed by atoms with van der Waals surface area (Å²) in [7, 11) is -3.48. The maximum atomic E-state index is 10.8. The highest BCUT2D eigenvalue weighted by atomic mass is 32.3. The first-order valence-electron chi connectivity index (χ1n) is 4.58. The maximum Gasteiger partial charge on any atom is 0.446 e. The summed E-state index contributed by atoms with van der Waals surface area (Å²) in [5.41, 5.74) is 0.417. The van der Waals surface area contributed by atoms with Crippen LogP contribution in [0, 0.1) is 0 Å². The van der Waals surface area contributed by atoms with Gasteiger partial charge in [-0.2, -0.15) is 8.42 Å². The molecule has 1 rings (SSSR count). The molecule has 0 fully saturated rings. The fourth-order valence-corrected chi connectivity index (χ4v) is 1.42. The lowest BCUT2D eigenvalue weighted by Crippen LogP contribution is -2.06. The SMILES string of the molecule is COC(=O)C=Cc1ccc(OS(=O)(=O)O)c(O)c1. The third kappa shape index (κ3) is 4.44. The number of rotatable bonds is 4. The molecule has 0 aliphatic carbocycles. The van der Waals surface area contributed by atoms with E-state index >= 15 is 0 Å². The van der Waals surface area contributed by atoms with Crippen LogP contribution < -0.4 is 4.18 Å². The fourth-order valence-electron chi connectivity index (χ4n) is 1.05. The van der Waals surface area contributed by atoms with Gasteiger partial charge in [-0.25, -0.2) is 4.79 Å². The molecule has 0 heterocycles. The number of carbonyl (C=O) groups is 1. The van der Waals surface area contributed by atoms with Crippen molar-refractivity contribution in [3.63, 3.8) is 0 Å². The molecule has 8 heteroatoms. The summed E-state index contributed by atoms with van der Waals surface area (Å²) >= 11 is 0. The minimum Gasteiger partial charge on any atom is -0.504 e. The molecule has 0 aliphatic rings. The van der Waals surface area contributed by atoms with Gasteiger partial charge in [-0.05, 0) is 23.8 Å². The van der Waals surface area contributed by atoms with Crippen LogP contribution in [0.4, 0.5) is 0 Å². The number of ether oxygens (including phenoxy) is 1. The monoisotopic (exact) mass is 274 g/mol. The number of phenols is 1. The first kappa shape index (κ1) is 14.0. The van der Waals surface area contributed by atoms with E-state index in [9.17, 15) is 18.3 Å². The number of aromatic hydroxyl groups is 1. The summed E-state index contributed by atoms with van der Waals surface area (Å²) in [6, 6.07) is 3.65. The Bertz CT molecular complexity index is 574. The zero-order chi connectivity index (χ0) is 13.8. The molecule has 0 saturated carbocycles. The molecule has 18 heavy (non-hydrogen) atoms. The van der Waals surface area contributed by atoms with Crippen LogP contribution in [-0.2, 0) is 19.9 Å². The number of esters is 1. The molecule has 1 aromatic rings. The number of carbonyl (C=O) groups excluding carboxylic acids is 1. The van der Waals surface area contributed by atoms with Crippen molar-refractivity contribution >= 4 is 22.4 Å². The molecule has 1 aromatic carbocycles. The molecule has 0 saturated heterocycles. The number of hydrogen-bond acceptors (Lipinski definition) is 6. The predicted molar refractivity (Wildman–Crippen MR) is 61.3 cm³/mol. The molecule has 0 amide bonds. The Labute approximate surface area is 103 Å². The van der Waals surface area contributed by atoms with Crippen LogP contribution in [-0.4, -0.2) is 31.2 Å². The molecular formula is C10H10O7S. The highest BCUT2D eigenvalue weighted by Crippen LogP contribution is 2.28. The van der Waals surface area contributed by atoms with Gasteiger partial charge in [0.25, 0.3) is 0 Å². The van der Waals surface area contributed by atoms with Crippen molar-refractivity contribution in [1.29, 1.82) is 0 Å². The molecule has 0 radical (unpaired) electrons. The van der Waals surface area contributed by atoms with Gasteiger partial charge in [0.2, 0.25) is 0 Å². The zero-order valence-corrected chi connectivity index (χ0v) is 10.0. The number of methoxy groups -OCH3 is 1. The summed E-state index contributed by atoms with van der Waals surface area (Å²) in [6.45, 7) is 0. The standard InChI is InChI=1S/C10H10O7S/c1-16-10(12)5-3-7-2-4-9(8(11)6-7)17-18(13,14)15/h2-6,11H,1H3,(H,13,14,15). The van der Waals surface area contributed by atoms with Crippen LogP contribution in [0.25, 0.3) is 6.08 Å². The Morgan fingerprint density at radius 2 is 2.06 bits per heavy atom. The topological polar surface area (TPSA) is 110 Å². The summed E-state index contributed by atoms with van der Waals surface area (Å²) in [5.74, 6) is -1.50. The fraction of sp³-hybridized carbons (Fsp3) is 0.100. The smallest absolute Gasteiger partial charge is 0.446 e. The molecule has 0 aliphatic heterocycles. The van der Waals surface area contributed by atoms with Gasteiger partial charge < -0.3 is 14.0 Å². The third-order valence-electron chi connectivity index (χ3n) is 1.79. The average molecular weight is 274 g/mol. The molecule has 0 aromatic heterocycles. The van der Waals surface area contributed by atoms with Crippen LogP contribution in [0.2, 0.25) is 0 Å². The molecule has 0 unspecified atom stereocenters. The summed E-state index contributed by atoms with van der Waals surface area (Å²) in [5, 5.41) is 9.43. The van der Waals surface area contributed by atoms with E-state index in [-0.39, 0.29) is 0 Å². The highest BCUT2D eigenvalue weighted by Gasteiger charge is 2.11. The molecular weight excluding hydrogens is 264 g/mol. The Balaban J connectivity index is 2.93. The minimum atomic E-state index is -4.69. The average Bonchev–Trinajstić information content (AvgIpc) is 2.27. The molecule has 2 N–H and O–H groups in total. The Morgan fingerprint density at radius 1 is 1.39 bits per heavy atom. The number of benzene rings is 1. The van der Waals surface area contributed by atoms with Gasteiger partial charge in [0, 0.05) is 6.08 Å². The summed E-state index contributed by atoms with van der Waals surface area (Å²) < 4.78 is 37.8. The summed E-state index contributed by atoms with van der Waals surface area (Å²) in [4.78, 5) is 10.8. The van der Waals surface area contributed by atoms with Gasteiger partial charge in [0.05, 0.1) is 7.11 Å². The van der Waals surface area contributed by atoms with E-state index in [1.54, 1.807) is 0 Å². The lowest BCUT2D eigenvalue weighted by atomic mass is 10.2. The molecule has 0 bridgehead atoms. The van der Waals surface area contributed by atoms with Crippen molar-refractivity contribution in [3.8, 4) is 11.5 Å². The van der Waals surface area contributed by atoms with Crippen LogP contribution in [0.15, 0.2) is 24.3 Å². The lowest BCUT2D eigenvalue weighted by molar-refractivity contribution is -0.134. The van der Waals surface area contributed by atoms with Crippen molar-refractivity contribution in [2.24, 2.45) is 0 Å². The van der Waals surface area contributed by atoms with E-state index in [4.69, 9.17) is 4.55 Å². The van der Waals surface area contributed by atoms with Gasteiger partial charge >= 0.3 is 16.4 Å². The second kappa shape index (κ2) is 5.52. The normalized spacial score (nSPS) is 11.4. The zero-order valence-electron chi connectivity index (χ0n) is 9.23. The van der Waals surface area contributed by atoms with E-state index < -0.39 is 27.9 Å². The first-order chi connectivity index (χ1) is 8.31. The van der Waals surface area contributed by atoms with E-state index in [0.717, 1.165) is 18.2 Å². The van der Waals surface area contributed by atoms with Crippen LogP contribution in [0.5, 0.6) is 11.5 Å². The largest absolute Gasteiger partial charge is 0.504 e. The van der Waals surface area contributed by atoms with E-state index in [1.165, 1.54) is 19.3 Å². The van der Waals surface area contributed by atoms with E-state index in [0.29, 0.717) is 5.56 Å². The van der Waals surface area contributed by atoms with Gasteiger partial charge in [-0.15, -0.1) is 0 Å². The van der Waals surface area contributed by atoms with Crippen molar-refractivity contribution in [2.75, 3.05) is 7.11 Å². The highest BCUT2D eigenvalue weighted by molar-refractivity contribution is 7.81. The first-order valence-corrected chi connectivity index (χ1v) is 5.94. The van der Waals surface area contributed by atoms with Gasteiger partial charge in [-0.3, -0.25) is 4.55 Å². The van der Waals surface area contributed by atoms with Crippen molar-refractivity contribution < 1.29 is 31.8 Å². The van der Waals surface area contributed by atoms with Crippen LogP contribution in [0.1, 0.15) is 5.56 Å². The Kier molecular flexibility index (Phi) is 4.29. The molecule has 98 valence electrons. The van der Waals surface area contributed by atoms with Crippen molar-refractivity contribution in [3.05, 3.63) is 29.8 Å². The van der Waals surface area contributed by atoms with E-state index in [2.05, 4.69) is 8.92 Å². The predicted octanol–water partition coefficient (Wildman–Crippen LogP) is 0.760. The van der Waals surface area contributed by atoms with Crippen LogP contribution >= 0.6 is 0 Å². The lowest BCUT2D eigenvalue weighted by Gasteiger charge is -2.04. The number of phenolic OH excluding ortho intramolecular Hbond substituents is 1. The van der Waals surface area contributed by atoms with Gasteiger partial charge in [0.15, 0.2) is 11.5 Å². The molecule has 7 nitrogen and oxygen atoms in total. The van der Waals surface area contributed by atoms with Crippen molar-refractivity contribution in [2.45, 2.75) is 0 Å². The van der Waals surface area contributed by atoms with E-state index in [1.807, 2.05) is 0 Å². The second-order valence-electron chi connectivity index (χ2n) is 3.09. The van der Waals surface area contributed by atoms with Crippen molar-refractivity contribution in [1.82, 2.24) is 0 Å².